The fourth-order valence-electron chi connectivity index (χ4n) is 2.00. The van der Waals surface area contributed by atoms with Gasteiger partial charge in [0, 0.05) is 15.5 Å². The van der Waals surface area contributed by atoms with E-state index in [2.05, 4.69) is 20.7 Å². The van der Waals surface area contributed by atoms with E-state index in [1.807, 2.05) is 43.3 Å². The van der Waals surface area contributed by atoms with Crippen molar-refractivity contribution in [3.8, 4) is 10.4 Å². The second-order valence-electron chi connectivity index (χ2n) is 4.88. The third kappa shape index (κ3) is 3.51. The summed E-state index contributed by atoms with van der Waals surface area (Å²) in [6.45, 7) is 1.86. The van der Waals surface area contributed by atoms with Crippen molar-refractivity contribution in [2.24, 2.45) is 5.10 Å². The van der Waals surface area contributed by atoms with Crippen LogP contribution in [0.15, 0.2) is 52.5 Å². The Labute approximate surface area is 152 Å². The Balaban J connectivity index is 1.83. The number of thiophene rings is 1. The summed E-state index contributed by atoms with van der Waals surface area (Å²) in [7, 11) is 0. The number of hydrazone groups is 1. The second-order valence-corrected chi connectivity index (χ2v) is 6.75. The summed E-state index contributed by atoms with van der Waals surface area (Å²) >= 11 is 13.7. The van der Waals surface area contributed by atoms with Gasteiger partial charge in [0.2, 0.25) is 0 Å². The van der Waals surface area contributed by atoms with E-state index in [9.17, 15) is 4.79 Å². The zero-order chi connectivity index (χ0) is 17.1. The van der Waals surface area contributed by atoms with E-state index in [-0.39, 0.29) is 5.02 Å². The highest BCUT2D eigenvalue weighted by atomic mass is 35.5. The monoisotopic (exact) mass is 378 g/mol. The van der Waals surface area contributed by atoms with Crippen molar-refractivity contribution in [1.29, 1.82) is 0 Å². The number of nitrogens with one attached hydrogen (secondary N) is 2. The summed E-state index contributed by atoms with van der Waals surface area (Å²) in [5.74, 6) is 0. The van der Waals surface area contributed by atoms with Gasteiger partial charge in [0.1, 0.15) is 10.7 Å². The Morgan fingerprint density at radius 1 is 1.25 bits per heavy atom. The first-order valence-corrected chi connectivity index (χ1v) is 8.52. The summed E-state index contributed by atoms with van der Waals surface area (Å²) in [5, 5.41) is 10.9. The van der Waals surface area contributed by atoms with Crippen LogP contribution >= 0.6 is 34.5 Å². The van der Waals surface area contributed by atoms with Gasteiger partial charge in [0.15, 0.2) is 0 Å². The summed E-state index contributed by atoms with van der Waals surface area (Å²) < 4.78 is 0. The lowest BCUT2D eigenvalue weighted by atomic mass is 10.2. The number of benzene rings is 1. The number of H-pyrrole nitrogens is 1. The molecule has 1 aromatic carbocycles. The van der Waals surface area contributed by atoms with Crippen LogP contribution in [-0.2, 0) is 0 Å². The van der Waals surface area contributed by atoms with Crippen LogP contribution in [0.5, 0.6) is 0 Å². The van der Waals surface area contributed by atoms with Crippen LogP contribution in [-0.4, -0.2) is 15.9 Å². The highest BCUT2D eigenvalue weighted by molar-refractivity contribution is 7.17. The standard InChI is InChI=1S/C16H12Cl2N4OS/c1-9(20-21-12-8-19-22-16(23)15(12)18)13-6-7-14(24-13)10-4-2-3-5-11(10)17/h2-8H,1H3,(H2,21,22,23)/b20-9+. The van der Waals surface area contributed by atoms with Crippen LogP contribution in [0.2, 0.25) is 10.0 Å². The molecule has 0 saturated carbocycles. The molecule has 5 nitrogen and oxygen atoms in total. The highest BCUT2D eigenvalue weighted by Crippen LogP contribution is 2.33. The second kappa shape index (κ2) is 7.17. The lowest BCUT2D eigenvalue weighted by Crippen LogP contribution is -2.10. The maximum atomic E-state index is 11.4. The number of hydrogen-bond donors (Lipinski definition) is 2. The van der Waals surface area contributed by atoms with E-state index in [1.54, 1.807) is 11.3 Å². The molecular weight excluding hydrogens is 367 g/mol. The fourth-order valence-corrected chi connectivity index (χ4v) is 3.42. The first-order valence-electron chi connectivity index (χ1n) is 6.95. The molecular formula is C16H12Cl2N4OS. The third-order valence-electron chi connectivity index (χ3n) is 3.24. The zero-order valence-electron chi connectivity index (χ0n) is 12.5. The van der Waals surface area contributed by atoms with E-state index in [1.165, 1.54) is 6.20 Å². The van der Waals surface area contributed by atoms with Crippen molar-refractivity contribution in [3.63, 3.8) is 0 Å². The average molecular weight is 379 g/mol. The predicted molar refractivity (Wildman–Crippen MR) is 100 cm³/mol. The summed E-state index contributed by atoms with van der Waals surface area (Å²) in [6, 6.07) is 11.7. The van der Waals surface area contributed by atoms with E-state index in [0.29, 0.717) is 10.7 Å². The molecule has 2 N–H and O–H groups in total. The van der Waals surface area contributed by atoms with Gasteiger partial charge in [0.05, 0.1) is 16.8 Å². The number of nitrogens with zero attached hydrogens (tertiary/aromatic N) is 2. The molecule has 2 aromatic heterocycles. The quantitative estimate of drug-likeness (QED) is 0.513. The lowest BCUT2D eigenvalue weighted by Gasteiger charge is -2.03. The Kier molecular flexibility index (Phi) is 4.99. The normalized spacial score (nSPS) is 11.5. The van der Waals surface area contributed by atoms with Gasteiger partial charge in [0.25, 0.3) is 5.56 Å². The van der Waals surface area contributed by atoms with Gasteiger partial charge in [-0.1, -0.05) is 41.4 Å². The van der Waals surface area contributed by atoms with E-state index >= 15 is 0 Å². The molecule has 3 aromatic rings. The molecule has 0 aliphatic rings. The number of halogens is 2. The summed E-state index contributed by atoms with van der Waals surface area (Å²) in [6.07, 6.45) is 1.41. The Morgan fingerprint density at radius 3 is 2.83 bits per heavy atom. The van der Waals surface area contributed by atoms with Gasteiger partial charge in [-0.15, -0.1) is 11.3 Å². The molecule has 2 heterocycles. The molecule has 0 atom stereocenters. The molecule has 0 fully saturated rings. The smallest absolute Gasteiger partial charge is 0.275 e. The molecule has 24 heavy (non-hydrogen) atoms. The Morgan fingerprint density at radius 2 is 2.04 bits per heavy atom. The number of rotatable bonds is 4. The number of anilines is 1. The van der Waals surface area contributed by atoms with Gasteiger partial charge < -0.3 is 0 Å². The van der Waals surface area contributed by atoms with Gasteiger partial charge in [-0.05, 0) is 25.1 Å². The van der Waals surface area contributed by atoms with Crippen LogP contribution in [0.25, 0.3) is 10.4 Å². The highest BCUT2D eigenvalue weighted by Gasteiger charge is 2.09. The molecule has 0 bridgehead atoms. The van der Waals surface area contributed by atoms with Gasteiger partial charge in [-0.3, -0.25) is 10.2 Å². The van der Waals surface area contributed by atoms with Crippen molar-refractivity contribution in [2.75, 3.05) is 5.43 Å². The first-order chi connectivity index (χ1) is 11.6. The molecule has 0 amide bonds. The SMILES string of the molecule is C/C(=N\Nc1cn[nH]c(=O)c1Cl)c1ccc(-c2ccccc2Cl)s1. The van der Waals surface area contributed by atoms with Crippen molar-refractivity contribution in [3.05, 3.63) is 67.9 Å². The zero-order valence-corrected chi connectivity index (χ0v) is 14.8. The average Bonchev–Trinajstić information content (AvgIpc) is 3.06. The lowest BCUT2D eigenvalue weighted by molar-refractivity contribution is 0.987. The van der Waals surface area contributed by atoms with Crippen molar-refractivity contribution >= 4 is 45.9 Å². The van der Waals surface area contributed by atoms with Crippen LogP contribution in [0, 0.1) is 0 Å². The number of aromatic nitrogens is 2. The molecule has 0 aliphatic heterocycles. The Hall–Kier alpha value is -2.15. The minimum absolute atomic E-state index is 0.0180. The van der Waals surface area contributed by atoms with E-state index in [4.69, 9.17) is 23.2 Å². The molecule has 3 rings (SSSR count). The topological polar surface area (TPSA) is 70.1 Å². The van der Waals surface area contributed by atoms with Crippen LogP contribution in [0.1, 0.15) is 11.8 Å². The molecule has 0 aliphatic carbocycles. The Bertz CT molecular complexity index is 964. The first kappa shape index (κ1) is 16.7. The van der Waals surface area contributed by atoms with E-state index in [0.717, 1.165) is 21.0 Å². The van der Waals surface area contributed by atoms with Crippen molar-refractivity contribution in [2.45, 2.75) is 6.92 Å². The predicted octanol–water partition coefficient (Wildman–Crippen LogP) is 4.64. The molecule has 8 heteroatoms. The maximum Gasteiger partial charge on any atom is 0.285 e. The molecule has 0 radical (unpaired) electrons. The minimum atomic E-state index is -0.466. The van der Waals surface area contributed by atoms with Crippen LogP contribution in [0.3, 0.4) is 0 Å². The number of hydrogen-bond acceptors (Lipinski definition) is 5. The van der Waals surface area contributed by atoms with Gasteiger partial charge in [-0.2, -0.15) is 10.2 Å². The molecule has 122 valence electrons. The van der Waals surface area contributed by atoms with Gasteiger partial charge in [-0.25, -0.2) is 5.10 Å². The van der Waals surface area contributed by atoms with Crippen molar-refractivity contribution < 1.29 is 0 Å². The van der Waals surface area contributed by atoms with Crippen LogP contribution in [0.4, 0.5) is 5.69 Å². The van der Waals surface area contributed by atoms with Crippen molar-refractivity contribution in [1.82, 2.24) is 10.2 Å². The summed E-state index contributed by atoms with van der Waals surface area (Å²) in [4.78, 5) is 13.4. The molecule has 0 spiro atoms. The molecule has 0 unspecified atom stereocenters. The van der Waals surface area contributed by atoms with Gasteiger partial charge >= 0.3 is 0 Å². The van der Waals surface area contributed by atoms with Crippen LogP contribution < -0.4 is 11.0 Å². The molecule has 0 saturated heterocycles. The third-order valence-corrected chi connectivity index (χ3v) is 5.17. The maximum absolute atomic E-state index is 11.4. The largest absolute Gasteiger partial charge is 0.285 e. The summed E-state index contributed by atoms with van der Waals surface area (Å²) in [5.41, 5.74) is 4.39. The number of aromatic amines is 1. The fraction of sp³-hybridized carbons (Fsp3) is 0.0625. The minimum Gasteiger partial charge on any atom is -0.275 e. The van der Waals surface area contributed by atoms with E-state index < -0.39 is 5.56 Å².